The Kier molecular flexibility index (Phi) is 3.60. The highest BCUT2D eigenvalue weighted by atomic mass is 16.1. The van der Waals surface area contributed by atoms with Gasteiger partial charge in [-0.2, -0.15) is 0 Å². The van der Waals surface area contributed by atoms with Crippen molar-refractivity contribution in [3.63, 3.8) is 0 Å². The Hall–Kier alpha value is -1.91. The van der Waals surface area contributed by atoms with Crippen LogP contribution in [-0.4, -0.2) is 16.7 Å². The molecule has 5 nitrogen and oxygen atoms in total. The maximum absolute atomic E-state index is 11.1. The smallest absolute Gasteiger partial charge is 0.227 e. The SMILES string of the molecule is N=C(N)CC(=O)NCc1cccnc1. The van der Waals surface area contributed by atoms with Crippen LogP contribution in [0.2, 0.25) is 0 Å². The number of nitrogens with zero attached hydrogens (tertiary/aromatic N) is 1. The van der Waals surface area contributed by atoms with Gasteiger partial charge in [0.15, 0.2) is 0 Å². The lowest BCUT2D eigenvalue weighted by atomic mass is 10.3. The highest BCUT2D eigenvalue weighted by Gasteiger charge is 2.02. The van der Waals surface area contributed by atoms with Crippen LogP contribution in [0.15, 0.2) is 24.5 Å². The highest BCUT2D eigenvalue weighted by molar-refractivity contribution is 5.97. The number of nitrogens with two attached hydrogens (primary N) is 1. The van der Waals surface area contributed by atoms with Crippen molar-refractivity contribution in [2.24, 2.45) is 5.73 Å². The fourth-order valence-electron chi connectivity index (χ4n) is 0.939. The summed E-state index contributed by atoms with van der Waals surface area (Å²) in [6, 6.07) is 3.66. The lowest BCUT2D eigenvalue weighted by molar-refractivity contribution is -0.120. The molecule has 14 heavy (non-hydrogen) atoms. The minimum absolute atomic E-state index is 0.0553. The molecule has 0 bridgehead atoms. The third kappa shape index (κ3) is 3.66. The predicted molar refractivity (Wildman–Crippen MR) is 52.6 cm³/mol. The second-order valence-corrected chi connectivity index (χ2v) is 2.84. The molecule has 0 spiro atoms. The van der Waals surface area contributed by atoms with Crippen molar-refractivity contribution in [1.82, 2.24) is 10.3 Å². The third-order valence-electron chi connectivity index (χ3n) is 1.56. The van der Waals surface area contributed by atoms with Crippen molar-refractivity contribution in [3.05, 3.63) is 30.1 Å². The highest BCUT2D eigenvalue weighted by Crippen LogP contribution is 1.94. The molecule has 1 aromatic heterocycles. The fourth-order valence-corrected chi connectivity index (χ4v) is 0.939. The number of hydrogen-bond donors (Lipinski definition) is 3. The van der Waals surface area contributed by atoms with Gasteiger partial charge in [-0.3, -0.25) is 15.2 Å². The van der Waals surface area contributed by atoms with Gasteiger partial charge in [-0.1, -0.05) is 6.07 Å². The zero-order valence-electron chi connectivity index (χ0n) is 7.66. The molecule has 4 N–H and O–H groups in total. The Balaban J connectivity index is 2.34. The number of amides is 1. The molecule has 0 radical (unpaired) electrons. The number of aromatic nitrogens is 1. The zero-order valence-corrected chi connectivity index (χ0v) is 7.66. The number of amidine groups is 1. The summed E-state index contributed by atoms with van der Waals surface area (Å²) in [5, 5.41) is 9.54. The maximum atomic E-state index is 11.1. The maximum Gasteiger partial charge on any atom is 0.227 e. The van der Waals surface area contributed by atoms with E-state index in [1.807, 2.05) is 6.07 Å². The molecule has 1 rings (SSSR count). The predicted octanol–water partition coefficient (Wildman–Crippen LogP) is 0.0239. The molecule has 0 saturated carbocycles. The van der Waals surface area contributed by atoms with E-state index in [9.17, 15) is 4.79 Å². The van der Waals surface area contributed by atoms with E-state index in [4.69, 9.17) is 11.1 Å². The van der Waals surface area contributed by atoms with E-state index in [1.54, 1.807) is 18.5 Å². The van der Waals surface area contributed by atoms with Gasteiger partial charge >= 0.3 is 0 Å². The van der Waals surface area contributed by atoms with Crippen LogP contribution in [0, 0.1) is 5.41 Å². The van der Waals surface area contributed by atoms with Crippen LogP contribution in [-0.2, 0) is 11.3 Å². The minimum atomic E-state index is -0.249. The topological polar surface area (TPSA) is 91.9 Å². The number of rotatable bonds is 4. The first-order valence-corrected chi connectivity index (χ1v) is 4.17. The Morgan fingerprint density at radius 1 is 1.64 bits per heavy atom. The second kappa shape index (κ2) is 4.96. The second-order valence-electron chi connectivity index (χ2n) is 2.84. The summed E-state index contributed by atoms with van der Waals surface area (Å²) < 4.78 is 0. The molecule has 1 amide bonds. The van der Waals surface area contributed by atoms with E-state index in [-0.39, 0.29) is 18.2 Å². The summed E-state index contributed by atoms with van der Waals surface area (Å²) in [4.78, 5) is 15.0. The molecule has 0 fully saturated rings. The van der Waals surface area contributed by atoms with E-state index < -0.39 is 0 Å². The zero-order chi connectivity index (χ0) is 10.4. The molecule has 0 aliphatic carbocycles. The van der Waals surface area contributed by atoms with Crippen molar-refractivity contribution in [3.8, 4) is 0 Å². The van der Waals surface area contributed by atoms with Gasteiger partial charge in [0.25, 0.3) is 0 Å². The number of hydrogen-bond acceptors (Lipinski definition) is 3. The molecule has 5 heteroatoms. The van der Waals surface area contributed by atoms with E-state index in [2.05, 4.69) is 10.3 Å². The van der Waals surface area contributed by atoms with E-state index in [1.165, 1.54) is 0 Å². The largest absolute Gasteiger partial charge is 0.387 e. The Labute approximate surface area is 81.8 Å². The summed E-state index contributed by atoms with van der Waals surface area (Å²) in [6.45, 7) is 0.417. The summed E-state index contributed by atoms with van der Waals surface area (Å²) in [6.07, 6.45) is 3.29. The van der Waals surface area contributed by atoms with Gasteiger partial charge in [0.05, 0.1) is 12.3 Å². The molecule has 0 atom stereocenters. The molecule has 0 saturated heterocycles. The molecule has 0 aliphatic rings. The lowest BCUT2D eigenvalue weighted by Gasteiger charge is -2.03. The van der Waals surface area contributed by atoms with Crippen LogP contribution in [0.5, 0.6) is 0 Å². The lowest BCUT2D eigenvalue weighted by Crippen LogP contribution is -2.27. The summed E-state index contributed by atoms with van der Waals surface area (Å²) in [5.41, 5.74) is 5.99. The number of nitrogens with one attached hydrogen (secondary N) is 2. The summed E-state index contributed by atoms with van der Waals surface area (Å²) >= 11 is 0. The normalized spacial score (nSPS) is 9.43. The van der Waals surface area contributed by atoms with Crippen molar-refractivity contribution >= 4 is 11.7 Å². The number of carbonyl (C=O) groups is 1. The van der Waals surface area contributed by atoms with Crippen LogP contribution in [0.3, 0.4) is 0 Å². The average molecular weight is 192 g/mol. The molecular formula is C9H12N4O. The van der Waals surface area contributed by atoms with Crippen molar-refractivity contribution in [2.45, 2.75) is 13.0 Å². The third-order valence-corrected chi connectivity index (χ3v) is 1.56. The first-order valence-electron chi connectivity index (χ1n) is 4.17. The van der Waals surface area contributed by atoms with Gasteiger partial charge < -0.3 is 11.1 Å². The Morgan fingerprint density at radius 2 is 2.43 bits per heavy atom. The van der Waals surface area contributed by atoms with Crippen LogP contribution in [0.25, 0.3) is 0 Å². The Bertz CT molecular complexity index is 323. The number of pyridine rings is 1. The van der Waals surface area contributed by atoms with Crippen molar-refractivity contribution in [2.75, 3.05) is 0 Å². The van der Waals surface area contributed by atoms with Crippen molar-refractivity contribution in [1.29, 1.82) is 5.41 Å². The number of carbonyl (C=O) groups excluding carboxylic acids is 1. The quantitative estimate of drug-likeness (QED) is 0.464. The van der Waals surface area contributed by atoms with Gasteiger partial charge in [0.1, 0.15) is 0 Å². The van der Waals surface area contributed by atoms with Crippen LogP contribution < -0.4 is 11.1 Å². The molecule has 1 aromatic rings. The molecule has 0 unspecified atom stereocenters. The van der Waals surface area contributed by atoms with Crippen LogP contribution in [0.4, 0.5) is 0 Å². The standard InChI is InChI=1S/C9H12N4O/c10-8(11)4-9(14)13-6-7-2-1-3-12-5-7/h1-3,5H,4,6H2,(H3,10,11)(H,13,14). The van der Waals surface area contributed by atoms with Gasteiger partial charge in [-0.25, -0.2) is 0 Å². The molecule has 0 aliphatic heterocycles. The first kappa shape index (κ1) is 10.2. The van der Waals surface area contributed by atoms with Gasteiger partial charge in [-0.15, -0.1) is 0 Å². The molecule has 0 aromatic carbocycles. The van der Waals surface area contributed by atoms with E-state index in [0.29, 0.717) is 6.54 Å². The van der Waals surface area contributed by atoms with Gasteiger partial charge in [0.2, 0.25) is 5.91 Å². The van der Waals surface area contributed by atoms with E-state index >= 15 is 0 Å². The van der Waals surface area contributed by atoms with Gasteiger partial charge in [-0.05, 0) is 11.6 Å². The monoisotopic (exact) mass is 192 g/mol. The minimum Gasteiger partial charge on any atom is -0.387 e. The summed E-state index contributed by atoms with van der Waals surface area (Å²) in [5.74, 6) is -0.380. The van der Waals surface area contributed by atoms with E-state index in [0.717, 1.165) is 5.56 Å². The van der Waals surface area contributed by atoms with Gasteiger partial charge in [0, 0.05) is 18.9 Å². The first-order chi connectivity index (χ1) is 6.68. The van der Waals surface area contributed by atoms with Crippen LogP contribution >= 0.6 is 0 Å². The van der Waals surface area contributed by atoms with Crippen molar-refractivity contribution < 1.29 is 4.79 Å². The fraction of sp³-hybridized carbons (Fsp3) is 0.222. The summed E-state index contributed by atoms with van der Waals surface area (Å²) in [7, 11) is 0. The molecular weight excluding hydrogens is 180 g/mol. The molecule has 1 heterocycles. The van der Waals surface area contributed by atoms with Crippen LogP contribution in [0.1, 0.15) is 12.0 Å². The molecule has 74 valence electrons. The Morgan fingerprint density at radius 3 is 3.00 bits per heavy atom. The average Bonchev–Trinajstić information content (AvgIpc) is 2.15.